The number of aryl methyl sites for hydroxylation is 2. The molecule has 0 bridgehead atoms. The van der Waals surface area contributed by atoms with Gasteiger partial charge in [0.05, 0.1) is 40.2 Å². The standard InChI is InChI=1S/C23H21ClN4O2S.C4H10O/c1-12-9-18-22(21(16(12)10-20(29)30)14-3-5-15(24)6-4-14)31-23(27-18)28-8-7-17-19(11-28)26-13(2)25-17;1-4(2,3)5/h3-6,9H,7-8,10-11H2,1-2H3,(H,25,26)(H,29,30);5H,1-3H3. The average molecular weight is 527 g/mol. The Morgan fingerprint density at radius 3 is 2.50 bits per heavy atom. The number of hydrogen-bond acceptors (Lipinski definition) is 6. The largest absolute Gasteiger partial charge is 0.481 e. The van der Waals surface area contributed by atoms with E-state index in [9.17, 15) is 9.90 Å². The Morgan fingerprint density at radius 2 is 1.86 bits per heavy atom. The van der Waals surface area contributed by atoms with Crippen LogP contribution < -0.4 is 4.90 Å². The minimum Gasteiger partial charge on any atom is -0.481 e. The number of nitrogens with zero attached hydrogens (tertiary/aromatic N) is 3. The molecule has 1 aliphatic rings. The summed E-state index contributed by atoms with van der Waals surface area (Å²) in [5, 5.41) is 19.6. The molecule has 0 radical (unpaired) electrons. The minimum atomic E-state index is -0.847. The lowest BCUT2D eigenvalue weighted by Gasteiger charge is -2.25. The van der Waals surface area contributed by atoms with Crippen molar-refractivity contribution in [1.82, 2.24) is 15.0 Å². The van der Waals surface area contributed by atoms with E-state index in [0.717, 1.165) is 74.3 Å². The summed E-state index contributed by atoms with van der Waals surface area (Å²) < 4.78 is 1.01. The quantitative estimate of drug-likeness (QED) is 0.305. The van der Waals surface area contributed by atoms with E-state index in [1.54, 1.807) is 32.1 Å². The van der Waals surface area contributed by atoms with E-state index in [2.05, 4.69) is 14.9 Å². The van der Waals surface area contributed by atoms with Gasteiger partial charge in [-0.05, 0) is 69.5 Å². The maximum Gasteiger partial charge on any atom is 0.307 e. The highest BCUT2D eigenvalue weighted by Gasteiger charge is 2.24. The van der Waals surface area contributed by atoms with Crippen molar-refractivity contribution in [2.75, 3.05) is 11.4 Å². The highest BCUT2D eigenvalue weighted by molar-refractivity contribution is 7.22. The smallest absolute Gasteiger partial charge is 0.307 e. The van der Waals surface area contributed by atoms with Crippen LogP contribution in [0, 0.1) is 13.8 Å². The molecule has 190 valence electrons. The number of carboxylic acids is 1. The van der Waals surface area contributed by atoms with Gasteiger partial charge in [-0.25, -0.2) is 9.97 Å². The summed E-state index contributed by atoms with van der Waals surface area (Å²) in [4.78, 5) is 26.7. The zero-order chi connectivity index (χ0) is 26.2. The molecule has 0 saturated heterocycles. The maximum atomic E-state index is 11.6. The molecule has 0 saturated carbocycles. The molecule has 1 aliphatic heterocycles. The third kappa shape index (κ3) is 6.06. The van der Waals surface area contributed by atoms with E-state index in [1.807, 2.05) is 44.2 Å². The number of aliphatic carboxylic acids is 1. The van der Waals surface area contributed by atoms with E-state index >= 15 is 0 Å². The Balaban J connectivity index is 0.000000556. The van der Waals surface area contributed by atoms with Crippen molar-refractivity contribution < 1.29 is 15.0 Å². The first-order valence-corrected chi connectivity index (χ1v) is 13.0. The van der Waals surface area contributed by atoms with E-state index in [-0.39, 0.29) is 6.42 Å². The molecule has 3 N–H and O–H groups in total. The number of nitrogens with one attached hydrogen (secondary N) is 1. The molecule has 3 heterocycles. The molecule has 0 atom stereocenters. The number of anilines is 1. The predicted octanol–water partition coefficient (Wildman–Crippen LogP) is 5.92. The number of carbonyl (C=O) groups is 1. The molecule has 0 amide bonds. The number of aliphatic hydroxyl groups is 1. The van der Waals surface area contributed by atoms with Crippen molar-refractivity contribution in [2.45, 2.75) is 59.6 Å². The van der Waals surface area contributed by atoms with Crippen molar-refractivity contribution in [3.63, 3.8) is 0 Å². The summed E-state index contributed by atoms with van der Waals surface area (Å²) in [6, 6.07) is 9.57. The van der Waals surface area contributed by atoms with Gasteiger partial charge in [0.25, 0.3) is 0 Å². The highest BCUT2D eigenvalue weighted by Crippen LogP contribution is 2.41. The number of H-pyrrole nitrogens is 1. The van der Waals surface area contributed by atoms with Crippen LogP contribution in [0.25, 0.3) is 21.3 Å². The first-order valence-electron chi connectivity index (χ1n) is 11.8. The molecular weight excluding hydrogens is 496 g/mol. The molecule has 0 fully saturated rings. The van der Waals surface area contributed by atoms with Crippen LogP contribution in [0.4, 0.5) is 5.13 Å². The number of carboxylic acid groups (broad SMARTS) is 1. The number of rotatable bonds is 4. The second kappa shape index (κ2) is 10.2. The Hall–Kier alpha value is -2.94. The predicted molar refractivity (Wildman–Crippen MR) is 146 cm³/mol. The lowest BCUT2D eigenvalue weighted by Crippen LogP contribution is -2.30. The molecule has 5 rings (SSSR count). The molecule has 36 heavy (non-hydrogen) atoms. The van der Waals surface area contributed by atoms with E-state index < -0.39 is 11.6 Å². The Kier molecular flexibility index (Phi) is 7.41. The summed E-state index contributed by atoms with van der Waals surface area (Å²) in [5.74, 6) is 0.0932. The van der Waals surface area contributed by atoms with Crippen LogP contribution in [0.5, 0.6) is 0 Å². The average Bonchev–Trinajstić information content (AvgIpc) is 3.35. The molecular formula is C27H31ClN4O3S. The number of imidazole rings is 1. The van der Waals surface area contributed by atoms with Crippen molar-refractivity contribution in [2.24, 2.45) is 0 Å². The van der Waals surface area contributed by atoms with E-state index in [4.69, 9.17) is 21.7 Å². The van der Waals surface area contributed by atoms with Gasteiger partial charge < -0.3 is 20.1 Å². The summed E-state index contributed by atoms with van der Waals surface area (Å²) in [6.45, 7) is 10.8. The molecule has 0 spiro atoms. The third-order valence-corrected chi connectivity index (χ3v) is 7.08. The third-order valence-electron chi connectivity index (χ3n) is 5.68. The van der Waals surface area contributed by atoms with Gasteiger partial charge in [0, 0.05) is 23.6 Å². The molecule has 2 aromatic heterocycles. The Labute approximate surface area is 219 Å². The molecule has 7 nitrogen and oxygen atoms in total. The van der Waals surface area contributed by atoms with Crippen molar-refractivity contribution in [3.05, 3.63) is 63.7 Å². The van der Waals surface area contributed by atoms with Gasteiger partial charge in [0.1, 0.15) is 5.82 Å². The fraction of sp³-hybridized carbons (Fsp3) is 0.370. The van der Waals surface area contributed by atoms with Gasteiger partial charge in [-0.3, -0.25) is 4.79 Å². The molecule has 0 unspecified atom stereocenters. The molecule has 2 aromatic carbocycles. The summed E-state index contributed by atoms with van der Waals surface area (Å²) in [5.41, 5.74) is 6.31. The van der Waals surface area contributed by atoms with Crippen LogP contribution >= 0.6 is 22.9 Å². The number of aromatic amines is 1. The second-order valence-electron chi connectivity index (χ2n) is 10.1. The maximum absolute atomic E-state index is 11.6. The van der Waals surface area contributed by atoms with Crippen molar-refractivity contribution >= 4 is 44.3 Å². The summed E-state index contributed by atoms with van der Waals surface area (Å²) >= 11 is 7.72. The highest BCUT2D eigenvalue weighted by atomic mass is 35.5. The number of thiazole rings is 1. The number of hydrogen-bond donors (Lipinski definition) is 3. The first-order chi connectivity index (χ1) is 16.9. The van der Waals surface area contributed by atoms with Gasteiger partial charge in [0.15, 0.2) is 5.13 Å². The summed E-state index contributed by atoms with van der Waals surface area (Å²) in [6.07, 6.45) is 0.844. The van der Waals surface area contributed by atoms with Crippen LogP contribution in [0.2, 0.25) is 5.02 Å². The van der Waals surface area contributed by atoms with Crippen LogP contribution in [-0.2, 0) is 24.2 Å². The van der Waals surface area contributed by atoms with Crippen LogP contribution in [0.1, 0.15) is 49.1 Å². The normalized spacial score (nSPS) is 13.4. The van der Waals surface area contributed by atoms with Crippen LogP contribution in [-0.4, -0.2) is 43.3 Å². The lowest BCUT2D eigenvalue weighted by atomic mass is 9.93. The molecule has 0 aliphatic carbocycles. The SMILES string of the molecule is CC(C)(C)O.Cc1nc2c([nH]1)CN(c1nc3cc(C)c(CC(=O)O)c(-c4ccc(Cl)cc4)c3s1)CC2. The first kappa shape index (κ1) is 26.1. The van der Waals surface area contributed by atoms with Gasteiger partial charge >= 0.3 is 5.97 Å². The van der Waals surface area contributed by atoms with Gasteiger partial charge in [-0.1, -0.05) is 35.1 Å². The molecule has 4 aromatic rings. The zero-order valence-corrected chi connectivity index (χ0v) is 22.7. The minimum absolute atomic E-state index is 0.0343. The van der Waals surface area contributed by atoms with Gasteiger partial charge in [0.2, 0.25) is 0 Å². The monoisotopic (exact) mass is 526 g/mol. The number of benzene rings is 2. The number of halogens is 1. The Bertz CT molecular complexity index is 1400. The molecule has 9 heteroatoms. The van der Waals surface area contributed by atoms with Crippen molar-refractivity contribution in [1.29, 1.82) is 0 Å². The fourth-order valence-corrected chi connectivity index (χ4v) is 5.55. The van der Waals surface area contributed by atoms with E-state index in [1.165, 1.54) is 0 Å². The zero-order valence-electron chi connectivity index (χ0n) is 21.1. The summed E-state index contributed by atoms with van der Waals surface area (Å²) in [7, 11) is 0. The van der Waals surface area contributed by atoms with Crippen molar-refractivity contribution in [3.8, 4) is 11.1 Å². The second-order valence-corrected chi connectivity index (χ2v) is 11.5. The fourth-order valence-electron chi connectivity index (χ4n) is 4.26. The van der Waals surface area contributed by atoms with Crippen LogP contribution in [0.3, 0.4) is 0 Å². The van der Waals surface area contributed by atoms with E-state index in [0.29, 0.717) is 5.02 Å². The van der Waals surface area contributed by atoms with Gasteiger partial charge in [-0.2, -0.15) is 0 Å². The van der Waals surface area contributed by atoms with Crippen LogP contribution in [0.15, 0.2) is 30.3 Å². The number of aromatic nitrogens is 3. The number of fused-ring (bicyclic) bond motifs is 2. The van der Waals surface area contributed by atoms with Gasteiger partial charge in [-0.15, -0.1) is 0 Å². The topological polar surface area (TPSA) is 102 Å². The Morgan fingerprint density at radius 1 is 1.19 bits per heavy atom. The lowest BCUT2D eigenvalue weighted by molar-refractivity contribution is -0.136.